The van der Waals surface area contributed by atoms with Gasteiger partial charge in [0.1, 0.15) is 11.9 Å². The van der Waals surface area contributed by atoms with E-state index >= 15 is 0 Å². The van der Waals surface area contributed by atoms with Gasteiger partial charge in [-0.25, -0.2) is 0 Å². The molecule has 0 saturated heterocycles. The lowest BCUT2D eigenvalue weighted by molar-refractivity contribution is -0.124. The molecule has 1 atom stereocenters. The third kappa shape index (κ3) is 3.11. The van der Waals surface area contributed by atoms with Gasteiger partial charge in [-0.2, -0.15) is 0 Å². The third-order valence-corrected chi connectivity index (χ3v) is 2.26. The molecule has 82 valence electrons. The molecule has 0 saturated carbocycles. The van der Waals surface area contributed by atoms with E-state index in [-0.39, 0.29) is 16.7 Å². The molecule has 1 rings (SSSR count). The Balaban J connectivity index is 2.73. The molecule has 0 heterocycles. The van der Waals surface area contributed by atoms with Gasteiger partial charge in [0.25, 0.3) is 5.91 Å². The first-order valence-corrected chi connectivity index (χ1v) is 4.74. The van der Waals surface area contributed by atoms with Gasteiger partial charge in [-0.05, 0) is 19.1 Å². The quantitative estimate of drug-likeness (QED) is 0.834. The molecule has 2 N–H and O–H groups in total. The normalized spacial score (nSPS) is 12.2. The highest BCUT2D eigenvalue weighted by molar-refractivity contribution is 6.32. The van der Waals surface area contributed by atoms with E-state index in [1.165, 1.54) is 19.2 Å². The predicted octanol–water partition coefficient (Wildman–Crippen LogP) is 2.02. The Morgan fingerprint density at radius 3 is 2.80 bits per heavy atom. The molecule has 0 radical (unpaired) electrons. The van der Waals surface area contributed by atoms with Gasteiger partial charge >= 0.3 is 0 Å². The van der Waals surface area contributed by atoms with Gasteiger partial charge < -0.3 is 15.2 Å². The molecule has 1 amide bonds. The number of halogens is 1. The third-order valence-electron chi connectivity index (χ3n) is 1.94. The van der Waals surface area contributed by atoms with Crippen molar-refractivity contribution in [3.05, 3.63) is 23.2 Å². The van der Waals surface area contributed by atoms with Crippen molar-refractivity contribution in [2.45, 2.75) is 13.0 Å². The summed E-state index contributed by atoms with van der Waals surface area (Å²) in [6.07, 6.45) is -0.539. The Labute approximate surface area is 92.8 Å². The average molecular weight is 230 g/mol. The second kappa shape index (κ2) is 5.00. The van der Waals surface area contributed by atoms with E-state index in [0.717, 1.165) is 0 Å². The minimum atomic E-state index is -0.539. The Kier molecular flexibility index (Phi) is 3.94. The Hall–Kier alpha value is -1.26. The molecule has 5 heteroatoms. The highest BCUT2D eigenvalue weighted by Crippen LogP contribution is 2.26. The smallest absolute Gasteiger partial charge is 0.253 e. The SMILES string of the molecule is COC(C)C(=O)Nc1ccc(Cl)c(O)c1. The number of hydrogen-bond donors (Lipinski definition) is 2. The molecule has 1 unspecified atom stereocenters. The van der Waals surface area contributed by atoms with Crippen molar-refractivity contribution in [2.24, 2.45) is 0 Å². The van der Waals surface area contributed by atoms with E-state index in [9.17, 15) is 9.90 Å². The summed E-state index contributed by atoms with van der Waals surface area (Å²) in [5, 5.41) is 12.1. The number of carbonyl (C=O) groups is 1. The van der Waals surface area contributed by atoms with Crippen molar-refractivity contribution in [1.82, 2.24) is 0 Å². The maximum absolute atomic E-state index is 11.4. The van der Waals surface area contributed by atoms with E-state index in [1.54, 1.807) is 13.0 Å². The molecule has 0 spiro atoms. The molecule has 0 aliphatic heterocycles. The summed E-state index contributed by atoms with van der Waals surface area (Å²) in [6.45, 7) is 1.63. The van der Waals surface area contributed by atoms with Gasteiger partial charge in [0.15, 0.2) is 0 Å². The molecule has 1 aromatic carbocycles. The number of anilines is 1. The molecular weight excluding hydrogens is 218 g/mol. The number of nitrogens with one attached hydrogen (secondary N) is 1. The molecule has 15 heavy (non-hydrogen) atoms. The molecule has 0 aromatic heterocycles. The maximum Gasteiger partial charge on any atom is 0.253 e. The minimum absolute atomic E-state index is 0.0699. The van der Waals surface area contributed by atoms with Crippen LogP contribution in [0.1, 0.15) is 6.92 Å². The van der Waals surface area contributed by atoms with Crippen molar-refractivity contribution < 1.29 is 14.6 Å². The largest absolute Gasteiger partial charge is 0.506 e. The van der Waals surface area contributed by atoms with Crippen LogP contribution in [0, 0.1) is 0 Å². The Bertz CT molecular complexity index is 368. The van der Waals surface area contributed by atoms with Crippen LogP contribution >= 0.6 is 11.6 Å². The van der Waals surface area contributed by atoms with Crippen LogP contribution in [0.15, 0.2) is 18.2 Å². The van der Waals surface area contributed by atoms with Crippen LogP contribution in [0.25, 0.3) is 0 Å². The fraction of sp³-hybridized carbons (Fsp3) is 0.300. The van der Waals surface area contributed by atoms with Crippen molar-refractivity contribution in [2.75, 3.05) is 12.4 Å². The number of phenolic OH excluding ortho intramolecular Hbond substituents is 1. The number of aromatic hydroxyl groups is 1. The van der Waals surface area contributed by atoms with E-state index in [1.807, 2.05) is 0 Å². The molecule has 0 bridgehead atoms. The lowest BCUT2D eigenvalue weighted by Crippen LogP contribution is -2.26. The second-order valence-electron chi connectivity index (χ2n) is 3.03. The zero-order chi connectivity index (χ0) is 11.4. The summed E-state index contributed by atoms with van der Waals surface area (Å²) in [6, 6.07) is 4.48. The van der Waals surface area contributed by atoms with Gasteiger partial charge in [-0.15, -0.1) is 0 Å². The number of carbonyl (C=O) groups excluding carboxylic acids is 1. The van der Waals surface area contributed by atoms with Crippen LogP contribution in [0.4, 0.5) is 5.69 Å². The fourth-order valence-electron chi connectivity index (χ4n) is 0.941. The van der Waals surface area contributed by atoms with Crippen molar-refractivity contribution in [3.8, 4) is 5.75 Å². The van der Waals surface area contributed by atoms with E-state index < -0.39 is 6.10 Å². The number of benzene rings is 1. The number of rotatable bonds is 3. The number of ether oxygens (including phenoxy) is 1. The van der Waals surface area contributed by atoms with Crippen LogP contribution in [0.3, 0.4) is 0 Å². The summed E-state index contributed by atoms with van der Waals surface area (Å²) in [4.78, 5) is 11.4. The Morgan fingerprint density at radius 2 is 2.27 bits per heavy atom. The fourth-order valence-corrected chi connectivity index (χ4v) is 1.06. The molecule has 1 aromatic rings. The first-order valence-electron chi connectivity index (χ1n) is 4.36. The van der Waals surface area contributed by atoms with Crippen LogP contribution in [0.2, 0.25) is 5.02 Å². The molecule has 0 aliphatic carbocycles. The standard InChI is InChI=1S/C10H12ClNO3/c1-6(15-2)10(14)12-7-3-4-8(11)9(13)5-7/h3-6,13H,1-2H3,(H,12,14). The van der Waals surface area contributed by atoms with Gasteiger partial charge in [0.05, 0.1) is 5.02 Å². The number of phenols is 1. The first-order chi connectivity index (χ1) is 7.04. The summed E-state index contributed by atoms with van der Waals surface area (Å²) < 4.78 is 4.84. The summed E-state index contributed by atoms with van der Waals surface area (Å²) in [5.74, 6) is -0.348. The van der Waals surface area contributed by atoms with Crippen LogP contribution in [-0.2, 0) is 9.53 Å². The molecular formula is C10H12ClNO3. The zero-order valence-electron chi connectivity index (χ0n) is 8.45. The van der Waals surface area contributed by atoms with E-state index in [4.69, 9.17) is 16.3 Å². The monoisotopic (exact) mass is 229 g/mol. The number of amides is 1. The van der Waals surface area contributed by atoms with Gasteiger partial charge in [-0.3, -0.25) is 4.79 Å². The number of methoxy groups -OCH3 is 1. The second-order valence-corrected chi connectivity index (χ2v) is 3.44. The lowest BCUT2D eigenvalue weighted by Gasteiger charge is -2.10. The first kappa shape index (κ1) is 11.8. The average Bonchev–Trinajstić information content (AvgIpc) is 2.22. The van der Waals surface area contributed by atoms with Crippen LogP contribution < -0.4 is 5.32 Å². The zero-order valence-corrected chi connectivity index (χ0v) is 9.21. The summed E-state index contributed by atoms with van der Waals surface area (Å²) in [7, 11) is 1.45. The predicted molar refractivity (Wildman–Crippen MR) is 58.2 cm³/mol. The topological polar surface area (TPSA) is 58.6 Å². The lowest BCUT2D eigenvalue weighted by atomic mass is 10.3. The van der Waals surface area contributed by atoms with Gasteiger partial charge in [0, 0.05) is 18.9 Å². The van der Waals surface area contributed by atoms with Crippen molar-refractivity contribution in [1.29, 1.82) is 0 Å². The van der Waals surface area contributed by atoms with Crippen LogP contribution in [0.5, 0.6) is 5.75 Å². The summed E-state index contributed by atoms with van der Waals surface area (Å²) >= 11 is 5.62. The van der Waals surface area contributed by atoms with Crippen molar-refractivity contribution >= 4 is 23.2 Å². The van der Waals surface area contributed by atoms with Gasteiger partial charge in [0.2, 0.25) is 0 Å². The summed E-state index contributed by atoms with van der Waals surface area (Å²) in [5.41, 5.74) is 0.478. The highest BCUT2D eigenvalue weighted by atomic mass is 35.5. The highest BCUT2D eigenvalue weighted by Gasteiger charge is 2.11. The molecule has 0 fully saturated rings. The Morgan fingerprint density at radius 1 is 1.60 bits per heavy atom. The maximum atomic E-state index is 11.4. The van der Waals surface area contributed by atoms with Gasteiger partial charge in [-0.1, -0.05) is 11.6 Å². The minimum Gasteiger partial charge on any atom is -0.506 e. The van der Waals surface area contributed by atoms with E-state index in [2.05, 4.69) is 5.32 Å². The molecule has 4 nitrogen and oxygen atoms in total. The molecule has 0 aliphatic rings. The van der Waals surface area contributed by atoms with Crippen LogP contribution in [-0.4, -0.2) is 24.2 Å². The van der Waals surface area contributed by atoms with E-state index in [0.29, 0.717) is 5.69 Å². The number of hydrogen-bond acceptors (Lipinski definition) is 3. The van der Waals surface area contributed by atoms with Crippen molar-refractivity contribution in [3.63, 3.8) is 0 Å².